The van der Waals surface area contributed by atoms with Gasteiger partial charge in [0.1, 0.15) is 16.5 Å². The Labute approximate surface area is 184 Å². The molecule has 3 unspecified atom stereocenters. The highest BCUT2D eigenvalue weighted by atomic mass is 79.9. The third kappa shape index (κ3) is 4.83. The highest BCUT2D eigenvalue weighted by Crippen LogP contribution is 2.33. The van der Waals surface area contributed by atoms with E-state index in [1.807, 2.05) is 37.8 Å². The quantitative estimate of drug-likeness (QED) is 0.614. The number of hydrogen-bond donors (Lipinski definition) is 2. The number of carbonyl (C=O) groups is 2. The van der Waals surface area contributed by atoms with Crippen molar-refractivity contribution in [1.82, 2.24) is 25.2 Å². The third-order valence-electron chi connectivity index (χ3n) is 5.79. The number of rotatable bonds is 6. The van der Waals surface area contributed by atoms with Gasteiger partial charge in [0.25, 0.3) is 0 Å². The predicted molar refractivity (Wildman–Crippen MR) is 117 cm³/mol. The average molecular weight is 478 g/mol. The van der Waals surface area contributed by atoms with E-state index in [4.69, 9.17) is 4.74 Å². The van der Waals surface area contributed by atoms with Gasteiger partial charge in [-0.1, -0.05) is 20.8 Å². The molecule has 2 N–H and O–H groups in total. The Bertz CT molecular complexity index is 883. The first-order chi connectivity index (χ1) is 14.3. The molecule has 9 heteroatoms. The Morgan fingerprint density at radius 2 is 2.03 bits per heavy atom. The average Bonchev–Trinajstić information content (AvgIpc) is 3.40. The largest absolute Gasteiger partial charge is 0.453 e. The number of likely N-dealkylation sites (tertiary alicyclic amines) is 1. The Kier molecular flexibility index (Phi) is 7.12. The molecule has 162 valence electrons. The van der Waals surface area contributed by atoms with E-state index in [2.05, 4.69) is 36.2 Å². The van der Waals surface area contributed by atoms with Crippen molar-refractivity contribution in [3.05, 3.63) is 35.0 Å². The second-order valence-corrected chi connectivity index (χ2v) is 8.77. The van der Waals surface area contributed by atoms with Crippen LogP contribution in [0.25, 0.3) is 11.3 Å². The van der Waals surface area contributed by atoms with Crippen LogP contribution in [0.1, 0.15) is 45.5 Å². The summed E-state index contributed by atoms with van der Waals surface area (Å²) < 4.78 is 5.51. The molecule has 30 heavy (non-hydrogen) atoms. The van der Waals surface area contributed by atoms with Crippen LogP contribution in [0.15, 0.2) is 29.1 Å². The van der Waals surface area contributed by atoms with Crippen molar-refractivity contribution in [2.45, 2.75) is 45.7 Å². The molecule has 2 amide bonds. The first-order valence-electron chi connectivity index (χ1n) is 10.1. The third-order valence-corrected chi connectivity index (χ3v) is 6.26. The number of carbonyl (C=O) groups excluding carboxylic acids is 2. The van der Waals surface area contributed by atoms with Crippen molar-refractivity contribution in [3.63, 3.8) is 0 Å². The summed E-state index contributed by atoms with van der Waals surface area (Å²) in [5.74, 6) is 0.816. The van der Waals surface area contributed by atoms with Gasteiger partial charge in [0.15, 0.2) is 0 Å². The molecule has 0 aliphatic carbocycles. The predicted octanol–water partition coefficient (Wildman–Crippen LogP) is 3.91. The van der Waals surface area contributed by atoms with Crippen LogP contribution in [-0.4, -0.2) is 51.5 Å². The summed E-state index contributed by atoms with van der Waals surface area (Å²) in [6, 6.07) is 3.02. The Balaban J connectivity index is 1.82. The lowest BCUT2D eigenvalue weighted by Crippen LogP contribution is -2.52. The van der Waals surface area contributed by atoms with Crippen LogP contribution in [0.2, 0.25) is 0 Å². The lowest BCUT2D eigenvalue weighted by Gasteiger charge is -2.32. The number of nitrogens with zero attached hydrogens (tertiary/aromatic N) is 3. The number of H-pyrrole nitrogens is 1. The van der Waals surface area contributed by atoms with Crippen LogP contribution < -0.4 is 5.32 Å². The number of aromatic nitrogens is 3. The van der Waals surface area contributed by atoms with E-state index in [1.54, 1.807) is 12.4 Å². The van der Waals surface area contributed by atoms with Gasteiger partial charge in [0, 0.05) is 18.3 Å². The molecule has 0 radical (unpaired) electrons. The molecule has 1 saturated heterocycles. The first kappa shape index (κ1) is 22.3. The molecule has 1 fully saturated rings. The van der Waals surface area contributed by atoms with E-state index in [0.29, 0.717) is 6.54 Å². The van der Waals surface area contributed by atoms with Crippen LogP contribution in [0.3, 0.4) is 0 Å². The summed E-state index contributed by atoms with van der Waals surface area (Å²) in [4.78, 5) is 39.3. The molecule has 0 saturated carbocycles. The maximum absolute atomic E-state index is 13.4. The lowest BCUT2D eigenvalue weighted by molar-refractivity contribution is -0.136. The van der Waals surface area contributed by atoms with Crippen LogP contribution in [0.5, 0.6) is 0 Å². The molecule has 2 aromatic rings. The van der Waals surface area contributed by atoms with Crippen LogP contribution in [-0.2, 0) is 9.53 Å². The zero-order valence-electron chi connectivity index (χ0n) is 17.7. The number of nitrogens with one attached hydrogen (secondary N) is 2. The minimum Gasteiger partial charge on any atom is -0.453 e. The summed E-state index contributed by atoms with van der Waals surface area (Å²) in [7, 11) is 1.30. The van der Waals surface area contributed by atoms with Crippen molar-refractivity contribution in [1.29, 1.82) is 0 Å². The summed E-state index contributed by atoms with van der Waals surface area (Å²) in [6.07, 6.45) is 4.63. The van der Waals surface area contributed by atoms with E-state index < -0.39 is 12.1 Å². The molecule has 0 aromatic carbocycles. The summed E-state index contributed by atoms with van der Waals surface area (Å²) in [6.45, 7) is 6.68. The van der Waals surface area contributed by atoms with Crippen LogP contribution >= 0.6 is 15.9 Å². The molecule has 2 aromatic heterocycles. The van der Waals surface area contributed by atoms with E-state index in [0.717, 1.165) is 34.5 Å². The number of pyridine rings is 1. The smallest absolute Gasteiger partial charge is 0.407 e. The summed E-state index contributed by atoms with van der Waals surface area (Å²) in [5.41, 5.74) is 1.77. The van der Waals surface area contributed by atoms with Gasteiger partial charge < -0.3 is 19.9 Å². The standard InChI is InChI=1S/C21H28BrN5O3/c1-12(2)13(3)18(26-21(29)30-4)20(28)27-9-5-6-16(27)19-24-11-15(25-19)14-7-8-17(22)23-10-14/h7-8,10-13,16,18H,5-6,9H2,1-4H3,(H,24,25)(H,26,29). The van der Waals surface area contributed by atoms with Gasteiger partial charge in [-0.25, -0.2) is 14.8 Å². The number of amides is 2. The molecule has 1 aliphatic rings. The monoisotopic (exact) mass is 477 g/mol. The van der Waals surface area contributed by atoms with Crippen molar-refractivity contribution >= 4 is 27.9 Å². The highest BCUT2D eigenvalue weighted by molar-refractivity contribution is 9.10. The van der Waals surface area contributed by atoms with Crippen molar-refractivity contribution in [2.24, 2.45) is 11.8 Å². The number of ether oxygens (including phenoxy) is 1. The number of methoxy groups -OCH3 is 1. The number of imidazole rings is 1. The Morgan fingerprint density at radius 3 is 2.67 bits per heavy atom. The lowest BCUT2D eigenvalue weighted by atomic mass is 9.89. The molecule has 1 aliphatic heterocycles. The molecular weight excluding hydrogens is 450 g/mol. The molecule has 3 heterocycles. The van der Waals surface area contributed by atoms with Crippen molar-refractivity contribution in [2.75, 3.05) is 13.7 Å². The molecule has 3 atom stereocenters. The minimum absolute atomic E-state index is 0.0427. The number of alkyl carbamates (subject to hydrolysis) is 1. The highest BCUT2D eigenvalue weighted by Gasteiger charge is 2.39. The minimum atomic E-state index is -0.650. The Morgan fingerprint density at radius 1 is 1.27 bits per heavy atom. The summed E-state index contributed by atoms with van der Waals surface area (Å²) in [5, 5.41) is 2.74. The molecule has 0 bridgehead atoms. The second kappa shape index (κ2) is 9.59. The van der Waals surface area contributed by atoms with Gasteiger partial charge in [-0.05, 0) is 52.7 Å². The number of halogens is 1. The van der Waals surface area contributed by atoms with E-state index in [-0.39, 0.29) is 23.8 Å². The molecule has 8 nitrogen and oxygen atoms in total. The zero-order chi connectivity index (χ0) is 21.8. The van der Waals surface area contributed by atoms with E-state index in [9.17, 15) is 9.59 Å². The van der Waals surface area contributed by atoms with Gasteiger partial charge in [-0.3, -0.25) is 4.79 Å². The maximum atomic E-state index is 13.4. The van der Waals surface area contributed by atoms with Crippen molar-refractivity contribution in [3.8, 4) is 11.3 Å². The molecule has 0 spiro atoms. The van der Waals surface area contributed by atoms with E-state index >= 15 is 0 Å². The SMILES string of the molecule is COC(=O)NC(C(=O)N1CCCC1c1ncc(-c2ccc(Br)nc2)[nH]1)C(C)C(C)C. The number of aromatic amines is 1. The summed E-state index contributed by atoms with van der Waals surface area (Å²) >= 11 is 3.34. The van der Waals surface area contributed by atoms with E-state index in [1.165, 1.54) is 7.11 Å². The fourth-order valence-electron chi connectivity index (χ4n) is 3.67. The Hall–Kier alpha value is -2.42. The molecule has 3 rings (SSSR count). The van der Waals surface area contributed by atoms with Crippen molar-refractivity contribution < 1.29 is 14.3 Å². The van der Waals surface area contributed by atoms with Crippen LogP contribution in [0.4, 0.5) is 4.79 Å². The number of hydrogen-bond acceptors (Lipinski definition) is 5. The van der Waals surface area contributed by atoms with Gasteiger partial charge in [-0.2, -0.15) is 0 Å². The van der Waals surface area contributed by atoms with Gasteiger partial charge in [-0.15, -0.1) is 0 Å². The van der Waals surface area contributed by atoms with Gasteiger partial charge in [0.2, 0.25) is 5.91 Å². The topological polar surface area (TPSA) is 100 Å². The normalized spacial score (nSPS) is 18.3. The fourth-order valence-corrected chi connectivity index (χ4v) is 3.90. The first-order valence-corrected chi connectivity index (χ1v) is 10.9. The van der Waals surface area contributed by atoms with Crippen LogP contribution in [0, 0.1) is 11.8 Å². The van der Waals surface area contributed by atoms with Gasteiger partial charge >= 0.3 is 6.09 Å². The maximum Gasteiger partial charge on any atom is 0.407 e. The second-order valence-electron chi connectivity index (χ2n) is 7.96. The fraction of sp³-hybridized carbons (Fsp3) is 0.524. The molecular formula is C21H28BrN5O3. The zero-order valence-corrected chi connectivity index (χ0v) is 19.3. The van der Waals surface area contributed by atoms with Gasteiger partial charge in [0.05, 0.1) is 25.0 Å².